The Labute approximate surface area is 151 Å². The van der Waals surface area contributed by atoms with Crippen LogP contribution >= 0.6 is 11.6 Å². The summed E-state index contributed by atoms with van der Waals surface area (Å²) < 4.78 is 14.4. The van der Waals surface area contributed by atoms with Crippen LogP contribution in [0.1, 0.15) is 12.5 Å². The molecular formula is C20H18ClFN2O. The fourth-order valence-corrected chi connectivity index (χ4v) is 2.99. The Balaban J connectivity index is 2.24. The second-order valence-electron chi connectivity index (χ2n) is 5.77. The number of pyridine rings is 1. The molecule has 0 saturated heterocycles. The topological polar surface area (TPSA) is 45.1 Å². The fraction of sp³-hybridized carbons (Fsp3) is 0.150. The van der Waals surface area contributed by atoms with Gasteiger partial charge in [0.25, 0.3) is 0 Å². The SMILES string of the molecule is CCNc1cc(-c2c(F)cccc2Cl)cc(-c2cc(C)ccc2O)n1. The van der Waals surface area contributed by atoms with E-state index in [2.05, 4.69) is 10.3 Å². The first-order valence-electron chi connectivity index (χ1n) is 8.00. The minimum absolute atomic E-state index is 0.123. The largest absolute Gasteiger partial charge is 0.507 e. The number of hydrogen-bond donors (Lipinski definition) is 2. The summed E-state index contributed by atoms with van der Waals surface area (Å²) in [5.41, 5.74) is 3.06. The normalized spacial score (nSPS) is 10.7. The van der Waals surface area contributed by atoms with E-state index in [0.717, 1.165) is 5.56 Å². The standard InChI is InChI=1S/C20H18ClFN2O/c1-3-23-19-11-13(20-15(21)5-4-6-16(20)22)10-17(24-19)14-9-12(2)7-8-18(14)25/h4-11,25H,3H2,1-2H3,(H,23,24). The van der Waals surface area contributed by atoms with Crippen molar-refractivity contribution in [3.05, 3.63) is 64.9 Å². The second-order valence-corrected chi connectivity index (χ2v) is 6.18. The number of hydrogen-bond acceptors (Lipinski definition) is 3. The van der Waals surface area contributed by atoms with Gasteiger partial charge in [-0.15, -0.1) is 0 Å². The second kappa shape index (κ2) is 7.11. The lowest BCUT2D eigenvalue weighted by Gasteiger charge is -2.13. The van der Waals surface area contributed by atoms with Crippen molar-refractivity contribution >= 4 is 17.4 Å². The van der Waals surface area contributed by atoms with Gasteiger partial charge in [0.15, 0.2) is 0 Å². The average molecular weight is 357 g/mol. The Morgan fingerprint density at radius 3 is 2.68 bits per heavy atom. The van der Waals surface area contributed by atoms with Gasteiger partial charge >= 0.3 is 0 Å². The predicted molar refractivity (Wildman–Crippen MR) is 101 cm³/mol. The zero-order valence-corrected chi connectivity index (χ0v) is 14.7. The zero-order chi connectivity index (χ0) is 18.0. The van der Waals surface area contributed by atoms with Gasteiger partial charge in [0, 0.05) is 17.7 Å². The number of aromatic hydroxyl groups is 1. The third-order valence-electron chi connectivity index (χ3n) is 3.86. The smallest absolute Gasteiger partial charge is 0.132 e. The number of nitrogens with zero attached hydrogens (tertiary/aromatic N) is 1. The van der Waals surface area contributed by atoms with Crippen LogP contribution in [0.4, 0.5) is 10.2 Å². The summed E-state index contributed by atoms with van der Waals surface area (Å²) in [5.74, 6) is 0.313. The van der Waals surface area contributed by atoms with Crippen molar-refractivity contribution in [1.82, 2.24) is 4.98 Å². The molecule has 0 amide bonds. The highest BCUT2D eigenvalue weighted by Gasteiger charge is 2.15. The molecule has 0 radical (unpaired) electrons. The predicted octanol–water partition coefficient (Wildman–Crippen LogP) is 5.65. The van der Waals surface area contributed by atoms with Crippen molar-refractivity contribution in [3.8, 4) is 28.1 Å². The molecule has 128 valence electrons. The summed E-state index contributed by atoms with van der Waals surface area (Å²) in [4.78, 5) is 4.54. The van der Waals surface area contributed by atoms with Gasteiger partial charge in [0.05, 0.1) is 10.7 Å². The van der Waals surface area contributed by atoms with E-state index < -0.39 is 5.82 Å². The van der Waals surface area contributed by atoms with E-state index in [0.29, 0.717) is 39.8 Å². The number of phenolic OH excluding ortho intramolecular Hbond substituents is 1. The van der Waals surface area contributed by atoms with E-state index in [1.807, 2.05) is 26.0 Å². The van der Waals surface area contributed by atoms with Crippen LogP contribution in [0.2, 0.25) is 5.02 Å². The Bertz CT molecular complexity index is 907. The van der Waals surface area contributed by atoms with Crippen molar-refractivity contribution in [3.63, 3.8) is 0 Å². The Hall–Kier alpha value is -2.59. The maximum Gasteiger partial charge on any atom is 0.132 e. The molecule has 25 heavy (non-hydrogen) atoms. The van der Waals surface area contributed by atoms with E-state index >= 15 is 0 Å². The van der Waals surface area contributed by atoms with Crippen LogP contribution in [0.3, 0.4) is 0 Å². The van der Waals surface area contributed by atoms with Crippen LogP contribution in [-0.4, -0.2) is 16.6 Å². The van der Waals surface area contributed by atoms with Crippen LogP contribution in [0.5, 0.6) is 5.75 Å². The molecule has 3 rings (SSSR count). The number of halogens is 2. The van der Waals surface area contributed by atoms with Gasteiger partial charge < -0.3 is 10.4 Å². The third kappa shape index (κ3) is 3.59. The Morgan fingerprint density at radius 2 is 1.96 bits per heavy atom. The van der Waals surface area contributed by atoms with Gasteiger partial charge in [-0.05, 0) is 55.8 Å². The number of aryl methyl sites for hydroxylation is 1. The minimum Gasteiger partial charge on any atom is -0.507 e. The molecule has 0 aliphatic rings. The maximum atomic E-state index is 14.4. The van der Waals surface area contributed by atoms with Gasteiger partial charge in [0.2, 0.25) is 0 Å². The highest BCUT2D eigenvalue weighted by atomic mass is 35.5. The first-order chi connectivity index (χ1) is 12.0. The van der Waals surface area contributed by atoms with Crippen molar-refractivity contribution in [2.75, 3.05) is 11.9 Å². The van der Waals surface area contributed by atoms with Crippen LogP contribution in [0, 0.1) is 12.7 Å². The number of phenols is 1. The first-order valence-corrected chi connectivity index (χ1v) is 8.37. The summed E-state index contributed by atoms with van der Waals surface area (Å²) in [5, 5.41) is 13.7. The molecule has 0 bridgehead atoms. The quantitative estimate of drug-likeness (QED) is 0.634. The summed E-state index contributed by atoms with van der Waals surface area (Å²) in [7, 11) is 0. The van der Waals surface area contributed by atoms with Crippen molar-refractivity contribution < 1.29 is 9.50 Å². The lowest BCUT2D eigenvalue weighted by Crippen LogP contribution is -2.01. The molecule has 5 heteroatoms. The Kier molecular flexibility index (Phi) is 4.91. The number of benzene rings is 2. The molecule has 3 aromatic rings. The maximum absolute atomic E-state index is 14.4. The zero-order valence-electron chi connectivity index (χ0n) is 14.0. The molecule has 0 aliphatic heterocycles. The molecular weight excluding hydrogens is 339 g/mol. The Morgan fingerprint density at radius 1 is 1.16 bits per heavy atom. The third-order valence-corrected chi connectivity index (χ3v) is 4.18. The monoisotopic (exact) mass is 356 g/mol. The highest BCUT2D eigenvalue weighted by molar-refractivity contribution is 6.33. The first kappa shape index (κ1) is 17.2. The summed E-state index contributed by atoms with van der Waals surface area (Å²) >= 11 is 6.22. The molecule has 2 aromatic carbocycles. The van der Waals surface area contributed by atoms with E-state index in [1.54, 1.807) is 30.3 Å². The van der Waals surface area contributed by atoms with Crippen molar-refractivity contribution in [2.45, 2.75) is 13.8 Å². The van der Waals surface area contributed by atoms with Crippen LogP contribution in [0.15, 0.2) is 48.5 Å². The molecule has 0 unspecified atom stereocenters. The van der Waals surface area contributed by atoms with E-state index in [1.165, 1.54) is 6.07 Å². The highest BCUT2D eigenvalue weighted by Crippen LogP contribution is 2.36. The van der Waals surface area contributed by atoms with E-state index in [-0.39, 0.29) is 5.75 Å². The summed E-state index contributed by atoms with van der Waals surface area (Å²) in [6.07, 6.45) is 0. The molecule has 0 atom stereocenters. The van der Waals surface area contributed by atoms with E-state index in [4.69, 9.17) is 11.6 Å². The fourth-order valence-electron chi connectivity index (χ4n) is 2.71. The molecule has 0 spiro atoms. The van der Waals surface area contributed by atoms with Crippen LogP contribution < -0.4 is 5.32 Å². The van der Waals surface area contributed by atoms with Crippen molar-refractivity contribution in [1.29, 1.82) is 0 Å². The number of rotatable bonds is 4. The van der Waals surface area contributed by atoms with Gasteiger partial charge in [-0.1, -0.05) is 29.3 Å². The molecule has 0 saturated carbocycles. The van der Waals surface area contributed by atoms with Gasteiger partial charge in [0.1, 0.15) is 17.4 Å². The number of anilines is 1. The van der Waals surface area contributed by atoms with Crippen LogP contribution in [-0.2, 0) is 0 Å². The molecule has 1 aromatic heterocycles. The molecule has 0 fully saturated rings. The lowest BCUT2D eigenvalue weighted by molar-refractivity contribution is 0.477. The van der Waals surface area contributed by atoms with Crippen LogP contribution in [0.25, 0.3) is 22.4 Å². The van der Waals surface area contributed by atoms with Gasteiger partial charge in [-0.2, -0.15) is 0 Å². The molecule has 0 aliphatic carbocycles. The van der Waals surface area contributed by atoms with E-state index in [9.17, 15) is 9.50 Å². The number of nitrogens with one attached hydrogen (secondary N) is 1. The minimum atomic E-state index is -0.402. The number of aromatic nitrogens is 1. The van der Waals surface area contributed by atoms with Crippen molar-refractivity contribution in [2.24, 2.45) is 0 Å². The summed E-state index contributed by atoms with van der Waals surface area (Å²) in [6.45, 7) is 4.56. The molecule has 1 heterocycles. The summed E-state index contributed by atoms with van der Waals surface area (Å²) in [6, 6.07) is 13.4. The van der Waals surface area contributed by atoms with Gasteiger partial charge in [-0.25, -0.2) is 9.37 Å². The average Bonchev–Trinajstić information content (AvgIpc) is 2.57. The van der Waals surface area contributed by atoms with Gasteiger partial charge in [-0.3, -0.25) is 0 Å². The molecule has 3 nitrogen and oxygen atoms in total. The molecule has 2 N–H and O–H groups in total. The lowest BCUT2D eigenvalue weighted by atomic mass is 10.0.